The number of aromatic nitrogens is 2. The molecule has 190 valence electrons. The Hall–Kier alpha value is -2.94. The molecule has 0 saturated carbocycles. The molecule has 1 aromatic heterocycles. The predicted octanol–water partition coefficient (Wildman–Crippen LogP) is 5.44. The van der Waals surface area contributed by atoms with E-state index in [2.05, 4.69) is 10.00 Å². The van der Waals surface area contributed by atoms with Gasteiger partial charge in [0.15, 0.2) is 5.69 Å². The third kappa shape index (κ3) is 6.39. The minimum atomic E-state index is -4.71. The van der Waals surface area contributed by atoms with Gasteiger partial charge in [-0.1, -0.05) is 42.0 Å². The van der Waals surface area contributed by atoms with Gasteiger partial charge in [-0.3, -0.25) is 9.48 Å². The Bertz CT molecular complexity index is 1080. The van der Waals surface area contributed by atoms with Crippen LogP contribution >= 0.6 is 11.6 Å². The predicted molar refractivity (Wildman–Crippen MR) is 130 cm³/mol. The molecule has 3 rings (SSSR count). The molecule has 0 bridgehead atoms. The van der Waals surface area contributed by atoms with Crippen LogP contribution in [-0.2, 0) is 22.3 Å². The number of ether oxygens (including phenoxy) is 1. The molecule has 0 radical (unpaired) electrons. The summed E-state index contributed by atoms with van der Waals surface area (Å²) in [5.74, 6) is 0.421. The number of allylic oxidation sites excluding steroid dienone is 8. The lowest BCUT2D eigenvalue weighted by Gasteiger charge is -2.36. The van der Waals surface area contributed by atoms with Crippen LogP contribution < -0.4 is 0 Å². The minimum Gasteiger partial charge on any atom is -0.497 e. The summed E-state index contributed by atoms with van der Waals surface area (Å²) in [5, 5.41) is 3.24. The Balaban J connectivity index is 1.75. The van der Waals surface area contributed by atoms with Crippen molar-refractivity contribution in [2.24, 2.45) is 0 Å². The molecule has 2 aliphatic rings. The number of methoxy groups -OCH3 is 1. The fraction of sp³-hybridized carbons (Fsp3) is 0.440. The topological polar surface area (TPSA) is 50.6 Å². The molecule has 1 fully saturated rings. The number of amides is 1. The Kier molecular flexibility index (Phi) is 8.88. The van der Waals surface area contributed by atoms with Crippen LogP contribution in [0, 0.1) is 0 Å². The number of nitrogens with zero attached hydrogens (tertiary/aromatic N) is 4. The summed E-state index contributed by atoms with van der Waals surface area (Å²) < 4.78 is 47.0. The van der Waals surface area contributed by atoms with Crippen molar-refractivity contribution in [2.45, 2.75) is 39.4 Å². The number of carbonyl (C=O) groups is 1. The van der Waals surface area contributed by atoms with Crippen LogP contribution in [0.15, 0.2) is 54.0 Å². The van der Waals surface area contributed by atoms with Crippen molar-refractivity contribution >= 4 is 23.1 Å². The lowest BCUT2D eigenvalue weighted by Crippen LogP contribution is -2.49. The van der Waals surface area contributed by atoms with Gasteiger partial charge in [-0.25, -0.2) is 0 Å². The van der Waals surface area contributed by atoms with E-state index in [1.54, 1.807) is 24.2 Å². The second-order valence-corrected chi connectivity index (χ2v) is 8.54. The molecule has 6 nitrogen and oxygen atoms in total. The number of rotatable bonds is 7. The molecule has 0 spiro atoms. The van der Waals surface area contributed by atoms with Crippen LogP contribution in [0.1, 0.15) is 38.1 Å². The zero-order chi connectivity index (χ0) is 25.6. The maximum absolute atomic E-state index is 13.5. The van der Waals surface area contributed by atoms with Gasteiger partial charge in [0.05, 0.1) is 17.8 Å². The highest BCUT2D eigenvalue weighted by molar-refractivity contribution is 6.33. The number of carbonyl (C=O) groups excluding carboxylic acids is 1. The highest BCUT2D eigenvalue weighted by Crippen LogP contribution is 2.39. The normalized spacial score (nSPS) is 17.9. The monoisotopic (exact) mass is 510 g/mol. The van der Waals surface area contributed by atoms with E-state index in [4.69, 9.17) is 16.3 Å². The number of piperazine rings is 1. The summed E-state index contributed by atoms with van der Waals surface area (Å²) in [4.78, 5) is 16.9. The molecule has 35 heavy (non-hydrogen) atoms. The molecule has 1 amide bonds. The number of halogens is 4. The molecule has 0 atom stereocenters. The Morgan fingerprint density at radius 2 is 1.89 bits per heavy atom. The van der Waals surface area contributed by atoms with Crippen molar-refractivity contribution in [3.8, 4) is 0 Å². The smallest absolute Gasteiger partial charge is 0.436 e. The lowest BCUT2D eigenvalue weighted by molar-refractivity contribution is -0.142. The van der Waals surface area contributed by atoms with Gasteiger partial charge in [-0.2, -0.15) is 18.3 Å². The Morgan fingerprint density at radius 1 is 1.20 bits per heavy atom. The molecule has 1 saturated heterocycles. The number of hydrogen-bond donors (Lipinski definition) is 0. The zero-order valence-corrected chi connectivity index (χ0v) is 20.9. The molecule has 2 heterocycles. The van der Waals surface area contributed by atoms with Gasteiger partial charge in [0.25, 0.3) is 0 Å². The van der Waals surface area contributed by atoms with E-state index >= 15 is 0 Å². The van der Waals surface area contributed by atoms with E-state index in [-0.39, 0.29) is 18.1 Å². The minimum absolute atomic E-state index is 0.160. The van der Waals surface area contributed by atoms with E-state index < -0.39 is 16.9 Å². The highest BCUT2D eigenvalue weighted by atomic mass is 35.5. The summed E-state index contributed by atoms with van der Waals surface area (Å²) in [6.07, 6.45) is 9.59. The van der Waals surface area contributed by atoms with Gasteiger partial charge in [0.1, 0.15) is 12.3 Å². The first-order chi connectivity index (χ1) is 16.7. The first-order valence-electron chi connectivity index (χ1n) is 11.5. The van der Waals surface area contributed by atoms with Gasteiger partial charge in [0, 0.05) is 38.0 Å². The number of alkyl halides is 3. The maximum Gasteiger partial charge on any atom is 0.436 e. The van der Waals surface area contributed by atoms with Crippen LogP contribution in [-0.4, -0.2) is 58.8 Å². The highest BCUT2D eigenvalue weighted by Gasteiger charge is 2.40. The van der Waals surface area contributed by atoms with Crippen molar-refractivity contribution in [1.82, 2.24) is 19.6 Å². The van der Waals surface area contributed by atoms with E-state index in [9.17, 15) is 18.0 Å². The van der Waals surface area contributed by atoms with Gasteiger partial charge < -0.3 is 14.5 Å². The van der Waals surface area contributed by atoms with Crippen LogP contribution in [0.25, 0.3) is 5.57 Å². The zero-order valence-electron chi connectivity index (χ0n) is 20.1. The lowest BCUT2D eigenvalue weighted by atomic mass is 10.0. The average molecular weight is 511 g/mol. The standard InChI is InChI=1S/C25H30ClF3N4O2/c1-4-9-20(35-3)16-19(5-2)31-12-14-32(15-13-31)21(34)17-33-23(18-10-7-6-8-11-18)22(26)24(30-33)25(27,28)29/h4-7,9-10,16H,8,11-15,17H2,1-3H3/b9-4+,19-5+,20-16+. The van der Waals surface area contributed by atoms with Crippen LogP contribution in [0.5, 0.6) is 0 Å². The quantitative estimate of drug-likeness (QED) is 0.362. The summed E-state index contributed by atoms with van der Waals surface area (Å²) in [6, 6.07) is 0. The molecular weight excluding hydrogens is 481 g/mol. The van der Waals surface area contributed by atoms with Crippen molar-refractivity contribution in [1.29, 1.82) is 0 Å². The Morgan fingerprint density at radius 3 is 2.43 bits per heavy atom. The molecule has 0 aromatic carbocycles. The van der Waals surface area contributed by atoms with Gasteiger partial charge in [-0.05, 0) is 38.3 Å². The third-order valence-electron chi connectivity index (χ3n) is 5.92. The Labute approximate surface area is 208 Å². The van der Waals surface area contributed by atoms with Crippen LogP contribution in [0.4, 0.5) is 13.2 Å². The van der Waals surface area contributed by atoms with Gasteiger partial charge in [-0.15, -0.1) is 0 Å². The molecule has 0 unspecified atom stereocenters. The van der Waals surface area contributed by atoms with Crippen molar-refractivity contribution in [2.75, 3.05) is 33.3 Å². The molecular formula is C25H30ClF3N4O2. The fourth-order valence-electron chi connectivity index (χ4n) is 4.13. The van der Waals surface area contributed by atoms with Crippen LogP contribution in [0.3, 0.4) is 0 Å². The van der Waals surface area contributed by atoms with E-state index in [0.717, 1.165) is 16.1 Å². The van der Waals surface area contributed by atoms with Crippen LogP contribution in [0.2, 0.25) is 5.02 Å². The first kappa shape index (κ1) is 26.7. The maximum atomic E-state index is 13.5. The van der Waals surface area contributed by atoms with Crippen molar-refractivity contribution in [3.05, 3.63) is 70.4 Å². The van der Waals surface area contributed by atoms with E-state index in [1.807, 2.05) is 44.2 Å². The molecule has 1 aliphatic carbocycles. The largest absolute Gasteiger partial charge is 0.497 e. The second-order valence-electron chi connectivity index (χ2n) is 8.16. The average Bonchev–Trinajstić information content (AvgIpc) is 3.18. The van der Waals surface area contributed by atoms with Crippen molar-refractivity contribution < 1.29 is 22.7 Å². The van der Waals surface area contributed by atoms with E-state index in [1.165, 1.54) is 0 Å². The number of hydrogen-bond acceptors (Lipinski definition) is 4. The van der Waals surface area contributed by atoms with Gasteiger partial charge in [0.2, 0.25) is 5.91 Å². The summed E-state index contributed by atoms with van der Waals surface area (Å²) in [5.41, 5.74) is 0.604. The summed E-state index contributed by atoms with van der Waals surface area (Å²) >= 11 is 6.14. The SMILES string of the molecule is C/C=C/C(=C\C(=C/C)N1CCN(C(=O)Cn2nc(C(F)(F)F)c(Cl)c2C2=CC=CCC2)CC1)OC. The molecule has 1 aromatic rings. The fourth-order valence-corrected chi connectivity index (χ4v) is 4.49. The summed E-state index contributed by atoms with van der Waals surface area (Å²) in [7, 11) is 1.61. The second kappa shape index (κ2) is 11.7. The van der Waals surface area contributed by atoms with Gasteiger partial charge >= 0.3 is 6.18 Å². The summed E-state index contributed by atoms with van der Waals surface area (Å²) in [6.45, 7) is 5.59. The molecule has 10 heteroatoms. The van der Waals surface area contributed by atoms with Crippen molar-refractivity contribution in [3.63, 3.8) is 0 Å². The van der Waals surface area contributed by atoms with E-state index in [0.29, 0.717) is 44.6 Å². The molecule has 0 N–H and O–H groups in total. The first-order valence-corrected chi connectivity index (χ1v) is 11.8. The third-order valence-corrected chi connectivity index (χ3v) is 6.27. The molecule has 1 aliphatic heterocycles.